The first kappa shape index (κ1) is 15.6. The van der Waals surface area contributed by atoms with E-state index in [0.717, 1.165) is 31.7 Å². The van der Waals surface area contributed by atoms with Crippen molar-refractivity contribution in [1.29, 1.82) is 0 Å². The van der Waals surface area contributed by atoms with Crippen molar-refractivity contribution in [2.45, 2.75) is 63.3 Å². The third-order valence-electron chi connectivity index (χ3n) is 5.69. The molecule has 4 nitrogen and oxygen atoms in total. The Labute approximate surface area is 142 Å². The number of thiophene rings is 1. The second kappa shape index (κ2) is 6.91. The van der Waals surface area contributed by atoms with Gasteiger partial charge in [-0.3, -0.25) is 9.69 Å². The number of carbonyl (C=O) groups is 1. The van der Waals surface area contributed by atoms with E-state index in [1.54, 1.807) is 11.3 Å². The number of likely N-dealkylation sites (tertiary alicyclic amines) is 1. The summed E-state index contributed by atoms with van der Waals surface area (Å²) >= 11 is 1.68. The lowest BCUT2D eigenvalue weighted by atomic mass is 9.85. The van der Waals surface area contributed by atoms with Crippen LogP contribution >= 0.6 is 11.3 Å². The van der Waals surface area contributed by atoms with Gasteiger partial charge in [-0.05, 0) is 49.5 Å². The first-order valence-electron chi connectivity index (χ1n) is 8.99. The van der Waals surface area contributed by atoms with E-state index >= 15 is 0 Å². The van der Waals surface area contributed by atoms with Gasteiger partial charge in [-0.1, -0.05) is 12.5 Å². The molecule has 2 aliphatic heterocycles. The summed E-state index contributed by atoms with van der Waals surface area (Å²) in [5.74, 6) is 0.981. The van der Waals surface area contributed by atoms with Crippen LogP contribution in [0.5, 0.6) is 0 Å². The highest BCUT2D eigenvalue weighted by Gasteiger charge is 2.42. The molecule has 1 N–H and O–H groups in total. The maximum Gasteiger partial charge on any atom is 0.249 e. The van der Waals surface area contributed by atoms with Gasteiger partial charge in [0, 0.05) is 24.0 Å². The summed E-state index contributed by atoms with van der Waals surface area (Å²) in [4.78, 5) is 16.2. The number of carbonyl (C=O) groups excluding carboxylic acids is 1. The summed E-state index contributed by atoms with van der Waals surface area (Å²) in [7, 11) is 0. The molecular formula is C18H26N2O2S. The maximum atomic E-state index is 12.4. The van der Waals surface area contributed by atoms with Gasteiger partial charge in [0.2, 0.25) is 5.91 Å². The zero-order valence-corrected chi connectivity index (χ0v) is 14.4. The molecule has 1 aromatic heterocycles. The van der Waals surface area contributed by atoms with E-state index < -0.39 is 0 Å². The van der Waals surface area contributed by atoms with Crippen LogP contribution < -0.4 is 5.32 Å². The molecule has 5 heteroatoms. The first-order valence-corrected chi connectivity index (χ1v) is 9.87. The fourth-order valence-electron chi connectivity index (χ4n) is 4.14. The van der Waals surface area contributed by atoms with Gasteiger partial charge in [-0.25, -0.2) is 0 Å². The second-order valence-electron chi connectivity index (χ2n) is 7.19. The monoisotopic (exact) mass is 334 g/mol. The third-order valence-corrected chi connectivity index (χ3v) is 6.57. The van der Waals surface area contributed by atoms with Crippen molar-refractivity contribution in [1.82, 2.24) is 10.2 Å². The van der Waals surface area contributed by atoms with Crippen LogP contribution in [0.15, 0.2) is 17.5 Å². The molecule has 0 unspecified atom stereocenters. The normalized spacial score (nSPS) is 31.6. The van der Waals surface area contributed by atoms with Crippen molar-refractivity contribution in [3.05, 3.63) is 22.4 Å². The van der Waals surface area contributed by atoms with Crippen LogP contribution in [-0.2, 0) is 16.1 Å². The van der Waals surface area contributed by atoms with Crippen molar-refractivity contribution in [3.8, 4) is 0 Å². The minimum Gasteiger partial charge on any atom is -0.363 e. The Hall–Kier alpha value is -0.910. The van der Waals surface area contributed by atoms with Gasteiger partial charge < -0.3 is 10.1 Å². The van der Waals surface area contributed by atoms with Crippen LogP contribution in [0, 0.1) is 5.92 Å². The smallest absolute Gasteiger partial charge is 0.249 e. The number of rotatable bonds is 5. The maximum absolute atomic E-state index is 12.4. The summed E-state index contributed by atoms with van der Waals surface area (Å²) in [6.07, 6.45) is 7.29. The average Bonchev–Trinajstić information content (AvgIpc) is 3.17. The molecule has 3 aliphatic rings. The predicted molar refractivity (Wildman–Crippen MR) is 91.4 cm³/mol. The quantitative estimate of drug-likeness (QED) is 0.900. The Balaban J connectivity index is 1.26. The molecule has 0 spiro atoms. The lowest BCUT2D eigenvalue weighted by Crippen LogP contribution is -2.48. The lowest BCUT2D eigenvalue weighted by molar-refractivity contribution is -0.144. The minimum atomic E-state index is -0.250. The summed E-state index contributed by atoms with van der Waals surface area (Å²) in [6.45, 7) is 3.02. The molecule has 4 rings (SSSR count). The molecular weight excluding hydrogens is 308 g/mol. The van der Waals surface area contributed by atoms with Gasteiger partial charge in [-0.15, -0.1) is 11.3 Å². The Bertz CT molecular complexity index is 529. The van der Waals surface area contributed by atoms with Crippen molar-refractivity contribution in [3.63, 3.8) is 0 Å². The van der Waals surface area contributed by atoms with Crippen molar-refractivity contribution < 1.29 is 9.53 Å². The third kappa shape index (κ3) is 3.47. The molecule has 3 atom stereocenters. The van der Waals surface area contributed by atoms with E-state index in [-0.39, 0.29) is 18.1 Å². The Kier molecular flexibility index (Phi) is 4.69. The van der Waals surface area contributed by atoms with E-state index in [2.05, 4.69) is 16.3 Å². The molecule has 0 bridgehead atoms. The summed E-state index contributed by atoms with van der Waals surface area (Å²) < 4.78 is 6.16. The molecule has 2 saturated heterocycles. The zero-order chi connectivity index (χ0) is 15.6. The van der Waals surface area contributed by atoms with Crippen LogP contribution in [0.25, 0.3) is 0 Å². The van der Waals surface area contributed by atoms with Gasteiger partial charge in [0.1, 0.15) is 6.10 Å². The number of hydrogen-bond acceptors (Lipinski definition) is 4. The van der Waals surface area contributed by atoms with Crippen LogP contribution in [0.1, 0.15) is 43.4 Å². The van der Waals surface area contributed by atoms with Crippen LogP contribution in [0.2, 0.25) is 0 Å². The van der Waals surface area contributed by atoms with Gasteiger partial charge in [0.15, 0.2) is 0 Å². The molecule has 0 radical (unpaired) electrons. The van der Waals surface area contributed by atoms with E-state index in [1.165, 1.54) is 30.7 Å². The average molecular weight is 334 g/mol. The molecule has 3 heterocycles. The summed E-state index contributed by atoms with van der Waals surface area (Å²) in [5.41, 5.74) is 0. The number of fused-ring (bicyclic) bond motifs is 1. The molecule has 0 aromatic carbocycles. The van der Waals surface area contributed by atoms with Gasteiger partial charge in [0.25, 0.3) is 0 Å². The molecule has 1 aliphatic carbocycles. The van der Waals surface area contributed by atoms with Crippen molar-refractivity contribution in [2.24, 2.45) is 5.92 Å². The highest BCUT2D eigenvalue weighted by Crippen LogP contribution is 2.35. The molecule has 23 heavy (non-hydrogen) atoms. The number of amides is 1. The Morgan fingerprint density at radius 1 is 1.30 bits per heavy atom. The highest BCUT2D eigenvalue weighted by atomic mass is 32.1. The summed E-state index contributed by atoms with van der Waals surface area (Å²) in [5, 5.41) is 5.07. The fourth-order valence-corrected chi connectivity index (χ4v) is 4.79. The van der Waals surface area contributed by atoms with E-state index in [4.69, 9.17) is 4.74 Å². The van der Waals surface area contributed by atoms with E-state index in [1.807, 2.05) is 11.4 Å². The Morgan fingerprint density at radius 3 is 2.96 bits per heavy atom. The van der Waals surface area contributed by atoms with Crippen LogP contribution in [-0.4, -0.2) is 42.1 Å². The SMILES string of the molecule is O=C(NCc1cccs1)[C@@H]1CC[C@@H]2[C@@H](CCN2CC2CCC2)O1. The van der Waals surface area contributed by atoms with Gasteiger partial charge in [-0.2, -0.15) is 0 Å². The standard InChI is InChI=1S/C18H26N2O2S/c21-18(19-11-14-5-2-10-23-14)17-7-6-15-16(22-17)8-9-20(15)12-13-3-1-4-13/h2,5,10,13,15-17H,1,3-4,6-9,11-12H2,(H,19,21)/t15-,16-,17+/m1/s1. The first-order chi connectivity index (χ1) is 11.3. The zero-order valence-electron chi connectivity index (χ0n) is 13.6. The largest absolute Gasteiger partial charge is 0.363 e. The number of hydrogen-bond donors (Lipinski definition) is 1. The number of nitrogens with zero attached hydrogens (tertiary/aromatic N) is 1. The molecule has 1 aromatic rings. The topological polar surface area (TPSA) is 41.6 Å². The predicted octanol–water partition coefficient (Wildman–Crippen LogP) is 2.79. The molecule has 126 valence electrons. The second-order valence-corrected chi connectivity index (χ2v) is 8.22. The highest BCUT2D eigenvalue weighted by molar-refractivity contribution is 7.09. The van der Waals surface area contributed by atoms with E-state index in [0.29, 0.717) is 12.6 Å². The number of nitrogens with one attached hydrogen (secondary N) is 1. The van der Waals surface area contributed by atoms with Crippen LogP contribution in [0.3, 0.4) is 0 Å². The fraction of sp³-hybridized carbons (Fsp3) is 0.722. The van der Waals surface area contributed by atoms with E-state index in [9.17, 15) is 4.79 Å². The van der Waals surface area contributed by atoms with Crippen molar-refractivity contribution in [2.75, 3.05) is 13.1 Å². The van der Waals surface area contributed by atoms with Crippen molar-refractivity contribution >= 4 is 17.2 Å². The number of ether oxygens (including phenoxy) is 1. The van der Waals surface area contributed by atoms with Gasteiger partial charge >= 0.3 is 0 Å². The Morgan fingerprint density at radius 2 is 2.22 bits per heavy atom. The van der Waals surface area contributed by atoms with Crippen LogP contribution in [0.4, 0.5) is 0 Å². The summed E-state index contributed by atoms with van der Waals surface area (Å²) in [6, 6.07) is 4.62. The molecule has 3 fully saturated rings. The minimum absolute atomic E-state index is 0.0642. The lowest BCUT2D eigenvalue weighted by Gasteiger charge is -2.38. The molecule has 1 saturated carbocycles. The molecule has 1 amide bonds. The van der Waals surface area contributed by atoms with Gasteiger partial charge in [0.05, 0.1) is 12.6 Å².